The molecule has 0 spiro atoms. The topological polar surface area (TPSA) is 115 Å². The average Bonchev–Trinajstić information content (AvgIpc) is 3.26. The summed E-state index contributed by atoms with van der Waals surface area (Å²) in [7, 11) is 0. The van der Waals surface area contributed by atoms with Crippen molar-refractivity contribution in [3.8, 4) is 0 Å². The summed E-state index contributed by atoms with van der Waals surface area (Å²) in [6.07, 6.45) is 0. The van der Waals surface area contributed by atoms with Crippen LogP contribution in [-0.2, 0) is 6.54 Å². The molecule has 0 atom stereocenters. The minimum Gasteiger partial charge on any atom is -0.350 e. The number of nitrogens with zero attached hydrogens (tertiary/aromatic N) is 4. The lowest BCUT2D eigenvalue weighted by Crippen LogP contribution is -2.34. The van der Waals surface area contributed by atoms with Crippen molar-refractivity contribution in [3.63, 3.8) is 0 Å². The molecule has 0 aliphatic rings. The summed E-state index contributed by atoms with van der Waals surface area (Å²) in [4.78, 5) is 28.2. The highest BCUT2D eigenvalue weighted by Gasteiger charge is 2.17. The summed E-state index contributed by atoms with van der Waals surface area (Å²) in [6.45, 7) is 4.27. The predicted molar refractivity (Wildman–Crippen MR) is 106 cm³/mol. The number of amides is 2. The van der Waals surface area contributed by atoms with Crippen molar-refractivity contribution in [2.45, 2.75) is 20.4 Å². The van der Waals surface area contributed by atoms with Crippen LogP contribution in [0.2, 0.25) is 10.0 Å². The molecule has 3 aromatic rings. The molecule has 0 unspecified atom stereocenters. The maximum Gasteiger partial charge on any atom is 0.316 e. The molecule has 9 nitrogen and oxygen atoms in total. The van der Waals surface area contributed by atoms with Crippen LogP contribution in [-0.4, -0.2) is 44.8 Å². The number of benzene rings is 1. The van der Waals surface area contributed by atoms with Gasteiger partial charge in [-0.3, -0.25) is 14.3 Å². The lowest BCUT2D eigenvalue weighted by molar-refractivity contribution is 0.0898. The zero-order valence-corrected chi connectivity index (χ0v) is 17.2. The Balaban J connectivity index is 1.48. The Labute approximate surface area is 176 Å². The van der Waals surface area contributed by atoms with Crippen molar-refractivity contribution in [1.29, 1.82) is 0 Å². The van der Waals surface area contributed by atoms with Crippen molar-refractivity contribution in [3.05, 3.63) is 63.0 Å². The van der Waals surface area contributed by atoms with Gasteiger partial charge in [0, 0.05) is 23.7 Å². The number of carbonyl (C=O) groups excluding carboxylic acids is 2. The number of aryl methyl sites for hydroxylation is 1. The van der Waals surface area contributed by atoms with Crippen LogP contribution >= 0.6 is 23.2 Å². The highest BCUT2D eigenvalue weighted by molar-refractivity contribution is 6.31. The van der Waals surface area contributed by atoms with Crippen molar-refractivity contribution >= 4 is 35.0 Å². The smallest absolute Gasteiger partial charge is 0.316 e. The number of halogens is 2. The molecule has 29 heavy (non-hydrogen) atoms. The molecule has 2 heterocycles. The molecule has 1 aromatic carbocycles. The van der Waals surface area contributed by atoms with E-state index in [9.17, 15) is 9.59 Å². The second-order valence-electron chi connectivity index (χ2n) is 6.18. The van der Waals surface area contributed by atoms with Gasteiger partial charge >= 0.3 is 11.8 Å². The molecule has 0 bridgehead atoms. The quantitative estimate of drug-likeness (QED) is 0.549. The van der Waals surface area contributed by atoms with Crippen molar-refractivity contribution in [2.75, 3.05) is 13.1 Å². The van der Waals surface area contributed by atoms with Crippen LogP contribution in [0.1, 0.15) is 38.3 Å². The van der Waals surface area contributed by atoms with Gasteiger partial charge in [0.05, 0.1) is 16.4 Å². The zero-order valence-electron chi connectivity index (χ0n) is 15.7. The van der Waals surface area contributed by atoms with Gasteiger partial charge in [0.2, 0.25) is 0 Å². The van der Waals surface area contributed by atoms with Crippen molar-refractivity contribution in [2.24, 2.45) is 0 Å². The third kappa shape index (κ3) is 5.12. The van der Waals surface area contributed by atoms with Crippen LogP contribution in [0.4, 0.5) is 0 Å². The molecule has 11 heteroatoms. The van der Waals surface area contributed by atoms with E-state index < -0.39 is 5.91 Å². The van der Waals surface area contributed by atoms with E-state index in [1.54, 1.807) is 35.9 Å². The number of aromatic nitrogens is 4. The Kier molecular flexibility index (Phi) is 6.50. The van der Waals surface area contributed by atoms with Gasteiger partial charge in [-0.1, -0.05) is 34.4 Å². The first-order valence-electron chi connectivity index (χ1n) is 8.69. The molecular formula is C18H18Cl2N6O3. The molecule has 0 fully saturated rings. The molecular weight excluding hydrogens is 419 g/mol. The fourth-order valence-corrected chi connectivity index (χ4v) is 2.86. The maximum atomic E-state index is 12.1. The number of nitrogens with one attached hydrogen (secondary N) is 2. The summed E-state index contributed by atoms with van der Waals surface area (Å²) in [5, 5.41) is 14.4. The van der Waals surface area contributed by atoms with Gasteiger partial charge in [-0.2, -0.15) is 10.1 Å². The lowest BCUT2D eigenvalue weighted by Gasteiger charge is -2.06. The van der Waals surface area contributed by atoms with Gasteiger partial charge in [-0.15, -0.1) is 0 Å². The van der Waals surface area contributed by atoms with Crippen LogP contribution in [0.15, 0.2) is 28.8 Å². The van der Waals surface area contributed by atoms with Gasteiger partial charge in [0.1, 0.15) is 6.54 Å². The lowest BCUT2D eigenvalue weighted by atomic mass is 10.2. The number of hydrogen-bond donors (Lipinski definition) is 2. The summed E-state index contributed by atoms with van der Waals surface area (Å²) in [5.41, 5.74) is 1.91. The van der Waals surface area contributed by atoms with Crippen LogP contribution in [0.25, 0.3) is 0 Å². The first kappa shape index (κ1) is 20.8. The van der Waals surface area contributed by atoms with E-state index in [0.29, 0.717) is 27.1 Å². The highest BCUT2D eigenvalue weighted by atomic mass is 35.5. The summed E-state index contributed by atoms with van der Waals surface area (Å²) in [5.74, 6) is -0.696. The molecule has 0 aliphatic carbocycles. The zero-order chi connectivity index (χ0) is 21.0. The van der Waals surface area contributed by atoms with E-state index in [4.69, 9.17) is 27.7 Å². The molecule has 0 aliphatic heterocycles. The summed E-state index contributed by atoms with van der Waals surface area (Å²) < 4.78 is 6.62. The van der Waals surface area contributed by atoms with E-state index >= 15 is 0 Å². The molecule has 0 saturated carbocycles. The predicted octanol–water partition coefficient (Wildman–Crippen LogP) is 2.40. The normalized spacial score (nSPS) is 10.8. The van der Waals surface area contributed by atoms with Crippen LogP contribution in [0.3, 0.4) is 0 Å². The Morgan fingerprint density at radius 2 is 1.86 bits per heavy atom. The largest absolute Gasteiger partial charge is 0.350 e. The summed E-state index contributed by atoms with van der Waals surface area (Å²) >= 11 is 12.0. The second-order valence-corrected chi connectivity index (χ2v) is 6.99. The Morgan fingerprint density at radius 3 is 2.52 bits per heavy atom. The molecule has 3 rings (SSSR count). The van der Waals surface area contributed by atoms with Gasteiger partial charge in [-0.25, -0.2) is 0 Å². The number of hydrogen-bond acceptors (Lipinski definition) is 6. The number of rotatable bonds is 7. The van der Waals surface area contributed by atoms with E-state index in [1.165, 1.54) is 0 Å². The SMILES string of the molecule is Cc1nn(Cc2noc(C(=O)NCCNC(=O)c3cccc(Cl)c3)n2)c(C)c1Cl. The van der Waals surface area contributed by atoms with Gasteiger partial charge in [0.25, 0.3) is 5.91 Å². The Hall–Kier alpha value is -2.91. The van der Waals surface area contributed by atoms with Crippen LogP contribution in [0.5, 0.6) is 0 Å². The highest BCUT2D eigenvalue weighted by Crippen LogP contribution is 2.19. The minimum absolute atomic E-state index is 0.172. The fourth-order valence-electron chi connectivity index (χ4n) is 2.53. The first-order chi connectivity index (χ1) is 13.8. The Morgan fingerprint density at radius 1 is 1.14 bits per heavy atom. The third-order valence-electron chi connectivity index (χ3n) is 4.03. The van der Waals surface area contributed by atoms with Crippen LogP contribution in [0, 0.1) is 13.8 Å². The van der Waals surface area contributed by atoms with Gasteiger partial charge < -0.3 is 15.2 Å². The monoisotopic (exact) mass is 436 g/mol. The van der Waals surface area contributed by atoms with Crippen molar-refractivity contribution in [1.82, 2.24) is 30.6 Å². The molecule has 0 saturated heterocycles. The third-order valence-corrected chi connectivity index (χ3v) is 4.81. The standard InChI is InChI=1S/C18H18Cl2N6O3/c1-10-15(20)11(2)26(24-10)9-14-23-18(29-25-14)17(28)22-7-6-21-16(27)12-4-3-5-13(19)8-12/h3-5,8H,6-7,9H2,1-2H3,(H,21,27)(H,22,28). The first-order valence-corrected chi connectivity index (χ1v) is 9.45. The minimum atomic E-state index is -0.535. The number of carbonyl (C=O) groups is 2. The van der Waals surface area contributed by atoms with E-state index in [2.05, 4.69) is 25.9 Å². The molecule has 2 amide bonds. The van der Waals surface area contributed by atoms with Crippen molar-refractivity contribution < 1.29 is 14.1 Å². The molecule has 0 radical (unpaired) electrons. The van der Waals surface area contributed by atoms with E-state index in [0.717, 1.165) is 5.69 Å². The molecule has 152 valence electrons. The van der Waals surface area contributed by atoms with Gasteiger partial charge in [0.15, 0.2) is 5.82 Å². The average molecular weight is 437 g/mol. The molecule has 2 N–H and O–H groups in total. The van der Waals surface area contributed by atoms with Crippen LogP contribution < -0.4 is 10.6 Å². The second kappa shape index (κ2) is 9.06. The molecule has 2 aromatic heterocycles. The van der Waals surface area contributed by atoms with Gasteiger partial charge in [-0.05, 0) is 32.0 Å². The summed E-state index contributed by atoms with van der Waals surface area (Å²) in [6, 6.07) is 6.58. The Bertz CT molecular complexity index is 1050. The fraction of sp³-hybridized carbons (Fsp3) is 0.278. The maximum absolute atomic E-state index is 12.1. The van der Waals surface area contributed by atoms with E-state index in [1.807, 2.05) is 6.92 Å². The van der Waals surface area contributed by atoms with E-state index in [-0.39, 0.29) is 31.4 Å².